The topological polar surface area (TPSA) is 74.6 Å². The predicted molar refractivity (Wildman–Crippen MR) is 97.0 cm³/mol. The van der Waals surface area contributed by atoms with E-state index in [2.05, 4.69) is 15.9 Å². The number of carbonyl (C=O) groups is 3. The Balaban J connectivity index is 2.22. The van der Waals surface area contributed by atoms with Crippen molar-refractivity contribution < 1.29 is 28.2 Å². The molecule has 1 aliphatic rings. The molecule has 6 nitrogen and oxygen atoms in total. The Bertz CT molecular complexity index is 932. The number of fused-ring (bicyclic) bond motifs is 1. The number of hydrogen-bond acceptors (Lipinski definition) is 5. The molecule has 8 heteroatoms. The van der Waals surface area contributed by atoms with E-state index in [0.29, 0.717) is 27.0 Å². The molecule has 1 aliphatic heterocycles. The lowest BCUT2D eigenvalue weighted by molar-refractivity contribution is -0.162. The second-order valence-corrected chi connectivity index (χ2v) is 7.06. The molecule has 0 radical (unpaired) electrons. The molecule has 0 amide bonds. The van der Waals surface area contributed by atoms with Gasteiger partial charge in [-0.15, -0.1) is 0 Å². The molecule has 3 rings (SSSR count). The lowest BCUT2D eigenvalue weighted by Crippen LogP contribution is -2.44. The van der Waals surface area contributed by atoms with Crippen molar-refractivity contribution in [2.24, 2.45) is 0 Å². The van der Waals surface area contributed by atoms with Crippen LogP contribution >= 0.6 is 15.9 Å². The van der Waals surface area contributed by atoms with Crippen LogP contribution < -0.4 is 0 Å². The van der Waals surface area contributed by atoms with E-state index in [-0.39, 0.29) is 18.7 Å². The molecule has 0 saturated heterocycles. The van der Waals surface area contributed by atoms with Crippen LogP contribution in [-0.4, -0.2) is 36.5 Å². The van der Waals surface area contributed by atoms with Crippen molar-refractivity contribution in [2.45, 2.75) is 25.3 Å². The van der Waals surface area contributed by atoms with E-state index in [1.54, 1.807) is 11.5 Å². The van der Waals surface area contributed by atoms with Crippen LogP contribution in [0.25, 0.3) is 0 Å². The monoisotopic (exact) mass is 437 g/mol. The normalized spacial score (nSPS) is 14.6. The number of ketones is 1. The fourth-order valence-corrected chi connectivity index (χ4v) is 4.35. The van der Waals surface area contributed by atoms with Gasteiger partial charge in [0.15, 0.2) is 0 Å². The van der Waals surface area contributed by atoms with Gasteiger partial charge in [-0.2, -0.15) is 0 Å². The molecule has 2 heterocycles. The average Bonchev–Trinajstić information content (AvgIpc) is 3.18. The Kier molecular flexibility index (Phi) is 4.94. The van der Waals surface area contributed by atoms with Gasteiger partial charge in [0.25, 0.3) is 0 Å². The van der Waals surface area contributed by atoms with Gasteiger partial charge in [-0.1, -0.05) is 0 Å². The molecular formula is C19H17BrFNO5. The summed E-state index contributed by atoms with van der Waals surface area (Å²) in [5, 5.41) is 0. The van der Waals surface area contributed by atoms with Crippen molar-refractivity contribution >= 4 is 33.7 Å². The molecule has 0 aliphatic carbocycles. The van der Waals surface area contributed by atoms with Gasteiger partial charge in [0.1, 0.15) is 5.82 Å². The first-order valence-corrected chi connectivity index (χ1v) is 8.95. The third kappa shape index (κ3) is 2.70. The van der Waals surface area contributed by atoms with E-state index < -0.39 is 23.2 Å². The van der Waals surface area contributed by atoms with E-state index in [1.807, 2.05) is 0 Å². The number of hydrogen-bond donors (Lipinski definition) is 0. The quantitative estimate of drug-likeness (QED) is 0.417. The van der Waals surface area contributed by atoms with Gasteiger partial charge in [0.2, 0.25) is 11.2 Å². The molecule has 0 spiro atoms. The average molecular weight is 438 g/mol. The number of aromatic nitrogens is 1. The molecule has 0 bridgehead atoms. The summed E-state index contributed by atoms with van der Waals surface area (Å²) in [6.45, 7) is 1.97. The SMILES string of the molecule is COC(=O)C1(C(=O)OC)CCn2c(C(=O)c3ccc(F)cc3)c(C)c(Br)c21. The highest BCUT2D eigenvalue weighted by atomic mass is 79.9. The van der Waals surface area contributed by atoms with Gasteiger partial charge in [-0.25, -0.2) is 4.39 Å². The number of nitrogens with zero attached hydrogens (tertiary/aromatic N) is 1. The summed E-state index contributed by atoms with van der Waals surface area (Å²) in [4.78, 5) is 38.2. The van der Waals surface area contributed by atoms with Gasteiger partial charge in [-0.3, -0.25) is 14.4 Å². The second kappa shape index (κ2) is 6.92. The number of methoxy groups -OCH3 is 2. The van der Waals surface area contributed by atoms with E-state index >= 15 is 0 Å². The second-order valence-electron chi connectivity index (χ2n) is 6.26. The van der Waals surface area contributed by atoms with E-state index in [4.69, 9.17) is 9.47 Å². The molecule has 2 aromatic rings. The van der Waals surface area contributed by atoms with Crippen molar-refractivity contribution in [1.29, 1.82) is 0 Å². The summed E-state index contributed by atoms with van der Waals surface area (Å²) in [5.74, 6) is -2.26. The summed E-state index contributed by atoms with van der Waals surface area (Å²) >= 11 is 3.43. The number of halogens is 2. The summed E-state index contributed by atoms with van der Waals surface area (Å²) in [6, 6.07) is 5.21. The van der Waals surface area contributed by atoms with Crippen LogP contribution in [-0.2, 0) is 31.0 Å². The Hall–Kier alpha value is -2.48. The minimum absolute atomic E-state index is 0.115. The fraction of sp³-hybridized carbons (Fsp3) is 0.316. The van der Waals surface area contributed by atoms with Crippen molar-refractivity contribution in [3.05, 3.63) is 57.1 Å². The molecule has 1 aromatic heterocycles. The van der Waals surface area contributed by atoms with Crippen molar-refractivity contribution in [1.82, 2.24) is 4.57 Å². The summed E-state index contributed by atoms with van der Waals surface area (Å²) in [5.41, 5.74) is -0.0894. The van der Waals surface area contributed by atoms with E-state index in [9.17, 15) is 18.8 Å². The number of rotatable bonds is 4. The molecular weight excluding hydrogens is 421 g/mol. The summed E-state index contributed by atoms with van der Waals surface area (Å²) in [7, 11) is 2.40. The first-order chi connectivity index (χ1) is 12.8. The molecule has 27 heavy (non-hydrogen) atoms. The third-order valence-electron chi connectivity index (χ3n) is 4.94. The predicted octanol–water partition coefficient (Wildman–Crippen LogP) is 2.92. The highest BCUT2D eigenvalue weighted by Crippen LogP contribution is 2.45. The van der Waals surface area contributed by atoms with Crippen molar-refractivity contribution in [3.63, 3.8) is 0 Å². The zero-order chi connectivity index (χ0) is 19.9. The largest absolute Gasteiger partial charge is 0.468 e. The van der Waals surface area contributed by atoms with Crippen molar-refractivity contribution in [2.75, 3.05) is 14.2 Å². The number of ether oxygens (including phenoxy) is 2. The Morgan fingerprint density at radius 1 is 1.11 bits per heavy atom. The zero-order valence-corrected chi connectivity index (χ0v) is 16.6. The highest BCUT2D eigenvalue weighted by molar-refractivity contribution is 9.10. The highest BCUT2D eigenvalue weighted by Gasteiger charge is 2.57. The fourth-order valence-electron chi connectivity index (χ4n) is 3.61. The first kappa shape index (κ1) is 19.3. The zero-order valence-electron chi connectivity index (χ0n) is 15.0. The van der Waals surface area contributed by atoms with Crippen molar-refractivity contribution in [3.8, 4) is 0 Å². The van der Waals surface area contributed by atoms with Crippen LogP contribution in [0.5, 0.6) is 0 Å². The van der Waals surface area contributed by atoms with Gasteiger partial charge in [0, 0.05) is 16.6 Å². The smallest absolute Gasteiger partial charge is 0.329 e. The lowest BCUT2D eigenvalue weighted by Gasteiger charge is -2.23. The summed E-state index contributed by atoms with van der Waals surface area (Å²) in [6.07, 6.45) is 0.115. The van der Waals surface area contributed by atoms with E-state index in [1.165, 1.54) is 38.5 Å². The molecule has 0 N–H and O–H groups in total. The number of carbonyl (C=O) groups excluding carboxylic acids is 3. The molecule has 0 fully saturated rings. The van der Waals surface area contributed by atoms with Crippen LogP contribution in [0.4, 0.5) is 4.39 Å². The van der Waals surface area contributed by atoms with Gasteiger partial charge in [0.05, 0.1) is 25.6 Å². The Labute approximate surface area is 163 Å². The van der Waals surface area contributed by atoms with Crippen LogP contribution in [0.15, 0.2) is 28.7 Å². The molecule has 0 saturated carbocycles. The number of esters is 2. The Morgan fingerprint density at radius 2 is 1.67 bits per heavy atom. The molecule has 142 valence electrons. The van der Waals surface area contributed by atoms with Crippen LogP contribution in [0.3, 0.4) is 0 Å². The lowest BCUT2D eigenvalue weighted by atomic mass is 9.83. The van der Waals surface area contributed by atoms with Gasteiger partial charge in [-0.05, 0) is 59.1 Å². The maximum atomic E-state index is 13.2. The molecule has 0 atom stereocenters. The minimum Gasteiger partial charge on any atom is -0.468 e. The maximum Gasteiger partial charge on any atom is 0.329 e. The molecule has 1 aromatic carbocycles. The molecule has 0 unspecified atom stereocenters. The first-order valence-electron chi connectivity index (χ1n) is 8.15. The van der Waals surface area contributed by atoms with E-state index in [0.717, 1.165) is 0 Å². The van der Waals surface area contributed by atoms with Gasteiger partial charge < -0.3 is 14.0 Å². The minimum atomic E-state index is -1.64. The van der Waals surface area contributed by atoms with Crippen LogP contribution in [0, 0.1) is 12.7 Å². The Morgan fingerprint density at radius 3 is 2.19 bits per heavy atom. The van der Waals surface area contributed by atoms with Gasteiger partial charge >= 0.3 is 11.9 Å². The maximum absolute atomic E-state index is 13.2. The number of benzene rings is 1. The van der Waals surface area contributed by atoms with Crippen LogP contribution in [0.1, 0.15) is 33.7 Å². The third-order valence-corrected chi connectivity index (χ3v) is 5.91. The standard InChI is InChI=1S/C19H17BrFNO5/c1-10-13(20)16-19(17(24)26-2,18(25)27-3)8-9-22(16)14(10)15(23)11-4-6-12(21)7-5-11/h4-7H,8-9H2,1-3H3. The van der Waals surface area contributed by atoms with Crippen LogP contribution in [0.2, 0.25) is 0 Å². The summed E-state index contributed by atoms with van der Waals surface area (Å²) < 4.78 is 25.1.